The molecule has 0 atom stereocenters. The lowest BCUT2D eigenvalue weighted by atomic mass is 10.1. The van der Waals surface area contributed by atoms with Crippen molar-refractivity contribution >= 4 is 17.9 Å². The third-order valence-electron chi connectivity index (χ3n) is 2.01. The summed E-state index contributed by atoms with van der Waals surface area (Å²) in [5.74, 6) is 1.65. The maximum Gasteiger partial charge on any atom is 0.119 e. The molecule has 0 spiro atoms. The van der Waals surface area contributed by atoms with E-state index in [0.717, 1.165) is 36.0 Å². The van der Waals surface area contributed by atoms with E-state index in [1.54, 1.807) is 0 Å². The molecule has 3 heteroatoms. The average molecular weight is 257 g/mol. The quantitative estimate of drug-likeness (QED) is 0.578. The molecule has 1 rings (SSSR count). The highest BCUT2D eigenvalue weighted by Gasteiger charge is 1.96. The number of halogens is 1. The van der Waals surface area contributed by atoms with Gasteiger partial charge in [-0.15, -0.1) is 0 Å². The number of carbonyl (C=O) groups excluding carboxylic acids is 1. The molecular weight excluding hydrogens is 236 g/mol. The normalized spacial score (nSPS) is 9.47. The molecule has 0 fully saturated rings. The Kier molecular flexibility index (Phi) is 9.55. The van der Waals surface area contributed by atoms with Crippen molar-refractivity contribution in [1.29, 1.82) is 0 Å². The zero-order valence-corrected chi connectivity index (χ0v) is 11.5. The van der Waals surface area contributed by atoms with Crippen molar-refractivity contribution in [3.05, 3.63) is 29.3 Å². The number of carbonyl (C=O) groups is 1. The fourth-order valence-corrected chi connectivity index (χ4v) is 1.34. The molecule has 0 aliphatic rings. The first-order valence-electron chi connectivity index (χ1n) is 5.88. The minimum atomic E-state index is 0.750. The molecule has 1 aromatic rings. The Balaban J connectivity index is 0.000000770. The van der Waals surface area contributed by atoms with Gasteiger partial charge in [0.2, 0.25) is 0 Å². The first kappa shape index (κ1) is 16.0. The molecule has 0 aliphatic heterocycles. The monoisotopic (exact) mass is 256 g/mol. The minimum absolute atomic E-state index is 0.750. The standard InChI is InChI=1S/C12H17ClO.C2H4O/c1-10(2)4-3-9-14-12-7-5-11(13)6-8-12;1-2-3/h5-8,10H,3-4,9H2,1-2H3;2H,1H3. The van der Waals surface area contributed by atoms with E-state index in [0.29, 0.717) is 0 Å². The third-order valence-corrected chi connectivity index (χ3v) is 2.26. The molecule has 0 aliphatic carbocycles. The zero-order chi connectivity index (χ0) is 13.1. The summed E-state index contributed by atoms with van der Waals surface area (Å²) in [4.78, 5) is 8.81. The van der Waals surface area contributed by atoms with E-state index < -0.39 is 0 Å². The van der Waals surface area contributed by atoms with E-state index in [2.05, 4.69) is 13.8 Å². The molecule has 17 heavy (non-hydrogen) atoms. The lowest BCUT2D eigenvalue weighted by Gasteiger charge is -2.07. The van der Waals surface area contributed by atoms with Gasteiger partial charge in [0.25, 0.3) is 0 Å². The van der Waals surface area contributed by atoms with Gasteiger partial charge in [0.05, 0.1) is 6.61 Å². The van der Waals surface area contributed by atoms with Crippen molar-refractivity contribution in [2.45, 2.75) is 33.6 Å². The van der Waals surface area contributed by atoms with Gasteiger partial charge in [-0.3, -0.25) is 0 Å². The van der Waals surface area contributed by atoms with E-state index >= 15 is 0 Å². The third kappa shape index (κ3) is 9.88. The summed E-state index contributed by atoms with van der Waals surface area (Å²) in [5, 5.41) is 0.750. The predicted molar refractivity (Wildman–Crippen MR) is 72.8 cm³/mol. The molecule has 0 saturated heterocycles. The van der Waals surface area contributed by atoms with Gasteiger partial charge >= 0.3 is 0 Å². The number of hydrogen-bond donors (Lipinski definition) is 0. The van der Waals surface area contributed by atoms with Gasteiger partial charge in [-0.25, -0.2) is 0 Å². The summed E-state index contributed by atoms with van der Waals surface area (Å²) in [5.41, 5.74) is 0. The second kappa shape index (κ2) is 10.2. The summed E-state index contributed by atoms with van der Waals surface area (Å²) < 4.78 is 5.55. The Morgan fingerprint density at radius 2 is 1.82 bits per heavy atom. The molecule has 1 aromatic carbocycles. The molecule has 96 valence electrons. The SMILES string of the molecule is CC(C)CCCOc1ccc(Cl)cc1.CC=O. The summed E-state index contributed by atoms with van der Waals surface area (Å²) in [6.07, 6.45) is 3.08. The van der Waals surface area contributed by atoms with Crippen molar-refractivity contribution in [2.24, 2.45) is 5.92 Å². The van der Waals surface area contributed by atoms with Gasteiger partial charge < -0.3 is 9.53 Å². The van der Waals surface area contributed by atoms with Gasteiger partial charge in [-0.2, -0.15) is 0 Å². The van der Waals surface area contributed by atoms with E-state index in [1.807, 2.05) is 24.3 Å². The predicted octanol–water partition coefficient (Wildman–Crippen LogP) is 4.36. The highest BCUT2D eigenvalue weighted by atomic mass is 35.5. The van der Waals surface area contributed by atoms with Crippen molar-refractivity contribution < 1.29 is 9.53 Å². The van der Waals surface area contributed by atoms with Gasteiger partial charge in [-0.1, -0.05) is 25.4 Å². The van der Waals surface area contributed by atoms with Crippen molar-refractivity contribution in [3.8, 4) is 5.75 Å². The number of benzene rings is 1. The Labute approximate surface area is 109 Å². The highest BCUT2D eigenvalue weighted by Crippen LogP contribution is 2.16. The van der Waals surface area contributed by atoms with Gasteiger partial charge in [0.15, 0.2) is 0 Å². The average Bonchev–Trinajstić information content (AvgIpc) is 2.28. The van der Waals surface area contributed by atoms with Crippen LogP contribution in [0.15, 0.2) is 24.3 Å². The van der Waals surface area contributed by atoms with Crippen molar-refractivity contribution in [1.82, 2.24) is 0 Å². The van der Waals surface area contributed by atoms with Crippen LogP contribution in [0, 0.1) is 5.92 Å². The Morgan fingerprint density at radius 3 is 2.29 bits per heavy atom. The lowest BCUT2D eigenvalue weighted by Crippen LogP contribution is -1.99. The number of ether oxygens (including phenoxy) is 1. The molecule has 0 unspecified atom stereocenters. The molecule has 2 nitrogen and oxygen atoms in total. The summed E-state index contributed by atoms with van der Waals surface area (Å²) in [7, 11) is 0. The fraction of sp³-hybridized carbons (Fsp3) is 0.500. The first-order chi connectivity index (χ1) is 8.10. The Bertz CT molecular complexity index is 294. The van der Waals surface area contributed by atoms with Crippen LogP contribution in [0.2, 0.25) is 5.02 Å². The molecule has 0 N–H and O–H groups in total. The molecule has 0 aromatic heterocycles. The highest BCUT2D eigenvalue weighted by molar-refractivity contribution is 6.30. The smallest absolute Gasteiger partial charge is 0.119 e. The van der Waals surface area contributed by atoms with Crippen molar-refractivity contribution in [2.75, 3.05) is 6.61 Å². The molecular formula is C14H21ClO2. The largest absolute Gasteiger partial charge is 0.494 e. The minimum Gasteiger partial charge on any atom is -0.494 e. The van der Waals surface area contributed by atoms with Crippen LogP contribution in [-0.4, -0.2) is 12.9 Å². The maximum absolute atomic E-state index is 8.81. The van der Waals surface area contributed by atoms with Crippen LogP contribution in [0.1, 0.15) is 33.6 Å². The van der Waals surface area contributed by atoms with Gasteiger partial charge in [0.1, 0.15) is 12.0 Å². The van der Waals surface area contributed by atoms with Crippen LogP contribution in [0.3, 0.4) is 0 Å². The van der Waals surface area contributed by atoms with Crippen molar-refractivity contribution in [3.63, 3.8) is 0 Å². The number of hydrogen-bond acceptors (Lipinski definition) is 2. The number of aldehydes is 1. The summed E-state index contributed by atoms with van der Waals surface area (Å²) in [6.45, 7) is 6.68. The van der Waals surface area contributed by atoms with E-state index in [-0.39, 0.29) is 0 Å². The zero-order valence-electron chi connectivity index (χ0n) is 10.8. The molecule has 0 heterocycles. The molecule has 0 radical (unpaired) electrons. The second-order valence-electron chi connectivity index (χ2n) is 4.07. The van der Waals surface area contributed by atoms with Crippen LogP contribution in [0.5, 0.6) is 5.75 Å². The second-order valence-corrected chi connectivity index (χ2v) is 4.51. The lowest BCUT2D eigenvalue weighted by molar-refractivity contribution is -0.106. The molecule has 0 saturated carbocycles. The van der Waals surface area contributed by atoms with E-state index in [1.165, 1.54) is 13.3 Å². The Hall–Kier alpha value is -1.02. The fourth-order valence-electron chi connectivity index (χ4n) is 1.21. The maximum atomic E-state index is 8.81. The van der Waals surface area contributed by atoms with Crippen LogP contribution >= 0.6 is 11.6 Å². The number of rotatable bonds is 5. The van der Waals surface area contributed by atoms with Gasteiger partial charge in [-0.05, 0) is 49.9 Å². The van der Waals surface area contributed by atoms with Crippen LogP contribution in [0.4, 0.5) is 0 Å². The van der Waals surface area contributed by atoms with E-state index in [4.69, 9.17) is 21.1 Å². The summed E-state index contributed by atoms with van der Waals surface area (Å²) in [6, 6.07) is 7.49. The first-order valence-corrected chi connectivity index (χ1v) is 6.26. The molecule has 0 amide bonds. The molecule has 0 bridgehead atoms. The van der Waals surface area contributed by atoms with Gasteiger partial charge in [0, 0.05) is 5.02 Å². The Morgan fingerprint density at radius 1 is 1.29 bits per heavy atom. The van der Waals surface area contributed by atoms with Crippen LogP contribution in [-0.2, 0) is 4.79 Å². The summed E-state index contributed by atoms with van der Waals surface area (Å²) >= 11 is 5.76. The van der Waals surface area contributed by atoms with Crippen LogP contribution < -0.4 is 4.74 Å². The van der Waals surface area contributed by atoms with E-state index in [9.17, 15) is 0 Å². The topological polar surface area (TPSA) is 26.3 Å². The van der Waals surface area contributed by atoms with Crippen LogP contribution in [0.25, 0.3) is 0 Å².